The van der Waals surface area contributed by atoms with Gasteiger partial charge in [0.2, 0.25) is 0 Å². The number of carboxylic acids is 1. The lowest BCUT2D eigenvalue weighted by molar-refractivity contribution is 0.0689. The van der Waals surface area contributed by atoms with Crippen molar-refractivity contribution in [1.82, 2.24) is 45.7 Å². The quantitative estimate of drug-likeness (QED) is 0.0229. The van der Waals surface area contributed by atoms with Gasteiger partial charge in [-0.1, -0.05) is 48.5 Å². The second-order valence-corrected chi connectivity index (χ2v) is 22.4. The highest BCUT2D eigenvalue weighted by atomic mass is 32.2. The van der Waals surface area contributed by atoms with E-state index in [9.17, 15) is 9.59 Å². The second kappa shape index (κ2) is 44.0. The third-order valence-electron chi connectivity index (χ3n) is 12.1. The molecule has 0 unspecified atom stereocenters. The van der Waals surface area contributed by atoms with E-state index in [2.05, 4.69) is 94.2 Å². The Kier molecular flexibility index (Phi) is 36.9. The third-order valence-corrected chi connectivity index (χ3v) is 16.1. The fourth-order valence-corrected chi connectivity index (χ4v) is 11.1. The van der Waals surface area contributed by atoms with E-state index in [1.54, 1.807) is 34.6 Å². The number of aromatic nitrogens is 4. The second-order valence-electron chi connectivity index (χ2n) is 18.0. The number of nitrogens with one attached hydrogen (secondary N) is 3. The Morgan fingerprint density at radius 3 is 1.17 bits per heavy atom. The normalized spacial score (nSPS) is 10.8. The van der Waals surface area contributed by atoms with E-state index in [4.69, 9.17) is 29.8 Å². The highest BCUT2D eigenvalue weighted by Gasteiger charge is 2.10. The number of carbonyl (C=O) groups is 2. The van der Waals surface area contributed by atoms with Crippen LogP contribution in [0.1, 0.15) is 56.1 Å². The van der Waals surface area contributed by atoms with E-state index in [1.165, 1.54) is 53.2 Å². The van der Waals surface area contributed by atoms with Crippen molar-refractivity contribution in [2.75, 3.05) is 130 Å². The average Bonchev–Trinajstić information content (AvgIpc) is 3.51. The highest BCUT2D eigenvalue weighted by Crippen LogP contribution is 2.20. The first-order chi connectivity index (χ1) is 39.7. The number of amides is 1. The lowest BCUT2D eigenvalue weighted by atomic mass is 10.2. The van der Waals surface area contributed by atoms with Crippen LogP contribution < -0.4 is 40.6 Å². The number of carbonyl (C=O) groups excluding carboxylic acids is 1. The van der Waals surface area contributed by atoms with E-state index >= 15 is 0 Å². The number of benzene rings is 4. The van der Waals surface area contributed by atoms with Crippen LogP contribution in [0.5, 0.6) is 23.0 Å². The summed E-state index contributed by atoms with van der Waals surface area (Å²) in [6.45, 7) is 11.5. The molecule has 0 saturated carbocycles. The summed E-state index contributed by atoms with van der Waals surface area (Å²) in [4.78, 5) is 42.5. The SMILES string of the molecule is COc1ccc(CSCCNCCN(CCCN)CCSCc2ccc(OC)cc2)cc1.COc1ccc(CSCCNCCN(CCCNC(=O)c2cnccn2)CCSCc2ccc(OC)cc2)cc1.O=C(O)c1cnccn1. The monoisotopic (exact) mass is 1180 g/mol. The van der Waals surface area contributed by atoms with Gasteiger partial charge in [0.25, 0.3) is 5.91 Å². The molecule has 4 aromatic carbocycles. The summed E-state index contributed by atoms with van der Waals surface area (Å²) in [6, 6.07) is 33.2. The van der Waals surface area contributed by atoms with Gasteiger partial charge in [-0.05, 0) is 103 Å². The Hall–Kier alpha value is -5.62. The Morgan fingerprint density at radius 2 is 0.840 bits per heavy atom. The van der Waals surface area contributed by atoms with Crippen LogP contribution in [0, 0.1) is 0 Å². The molecule has 0 fully saturated rings. The van der Waals surface area contributed by atoms with E-state index < -0.39 is 5.97 Å². The maximum absolute atomic E-state index is 12.2. The molecule has 17 nitrogen and oxygen atoms in total. The number of hydrogen-bond acceptors (Lipinski definition) is 19. The van der Waals surface area contributed by atoms with E-state index in [1.807, 2.05) is 95.6 Å². The standard InChI is InChI=1S/C30H41N5O3S2.C25H39N3O2S2.C5H4N2O2/c1-37-27-8-4-25(5-9-27)23-39-20-16-31-15-18-35(17-3-12-34-30(36)29-22-32-13-14-33-29)19-21-40-24-26-6-10-28(38-2)11-7-26;1-29-24-8-4-22(5-9-24)20-31-18-14-27-13-16-28(15-3-12-26)17-19-32-21-23-6-10-25(30-2)11-7-23;8-5(9)4-3-6-1-2-7-4/h4-11,13-14,22,31H,3,12,15-21,23-24H2,1-2H3,(H,34,36);4-11,27H,3,12-21,26H2,1-2H3;1-3H,(H,8,9). The number of nitrogens with two attached hydrogens (primary N) is 1. The summed E-state index contributed by atoms with van der Waals surface area (Å²) >= 11 is 7.83. The van der Waals surface area contributed by atoms with Gasteiger partial charge in [-0.3, -0.25) is 14.8 Å². The first-order valence-corrected chi connectivity index (χ1v) is 31.8. The number of hydrogen-bond donors (Lipinski definition) is 5. The molecule has 0 saturated heterocycles. The molecule has 0 bridgehead atoms. The Labute approximate surface area is 497 Å². The van der Waals surface area contributed by atoms with Crippen molar-refractivity contribution in [3.8, 4) is 23.0 Å². The molecule has 21 heteroatoms. The molecule has 0 aliphatic heterocycles. The Morgan fingerprint density at radius 1 is 0.469 bits per heavy atom. The maximum atomic E-state index is 12.2. The number of aromatic carboxylic acids is 1. The summed E-state index contributed by atoms with van der Waals surface area (Å²) < 4.78 is 20.9. The molecule has 2 heterocycles. The van der Waals surface area contributed by atoms with Crippen molar-refractivity contribution in [1.29, 1.82) is 0 Å². The van der Waals surface area contributed by atoms with Crippen molar-refractivity contribution < 1.29 is 33.6 Å². The molecule has 81 heavy (non-hydrogen) atoms. The van der Waals surface area contributed by atoms with Crippen LogP contribution in [0.3, 0.4) is 0 Å². The van der Waals surface area contributed by atoms with Gasteiger partial charge in [0.15, 0.2) is 5.69 Å². The average molecular weight is 1190 g/mol. The van der Waals surface area contributed by atoms with E-state index in [0.29, 0.717) is 12.2 Å². The lowest BCUT2D eigenvalue weighted by Crippen LogP contribution is -2.36. The zero-order valence-corrected chi connectivity index (χ0v) is 50.8. The molecular weight excluding hydrogens is 1100 g/mol. The van der Waals surface area contributed by atoms with E-state index in [0.717, 1.165) is 154 Å². The fraction of sp³-hybridized carbons (Fsp3) is 0.433. The van der Waals surface area contributed by atoms with Crippen LogP contribution >= 0.6 is 47.0 Å². The van der Waals surface area contributed by atoms with Crippen molar-refractivity contribution in [3.63, 3.8) is 0 Å². The minimum Gasteiger partial charge on any atom is -0.497 e. The molecule has 0 aliphatic carbocycles. The summed E-state index contributed by atoms with van der Waals surface area (Å²) in [7, 11) is 6.79. The molecule has 0 spiro atoms. The van der Waals surface area contributed by atoms with Crippen molar-refractivity contribution >= 4 is 58.9 Å². The summed E-state index contributed by atoms with van der Waals surface area (Å²) in [5.74, 6) is 10.8. The zero-order valence-electron chi connectivity index (χ0n) is 47.5. The van der Waals surface area contributed by atoms with Gasteiger partial charge >= 0.3 is 5.97 Å². The molecule has 0 radical (unpaired) electrons. The van der Waals surface area contributed by atoms with Gasteiger partial charge in [0.1, 0.15) is 28.7 Å². The summed E-state index contributed by atoms with van der Waals surface area (Å²) in [5.41, 5.74) is 11.4. The molecule has 6 N–H and O–H groups in total. The summed E-state index contributed by atoms with van der Waals surface area (Å²) in [5, 5.41) is 18.4. The molecule has 6 rings (SSSR count). The predicted octanol–water partition coefficient (Wildman–Crippen LogP) is 8.66. The molecule has 440 valence electrons. The van der Waals surface area contributed by atoms with Gasteiger partial charge in [-0.2, -0.15) is 47.0 Å². The zero-order chi connectivity index (χ0) is 57.8. The first-order valence-electron chi connectivity index (χ1n) is 27.2. The molecule has 2 aromatic heterocycles. The van der Waals surface area contributed by atoms with Crippen LogP contribution in [0.2, 0.25) is 0 Å². The smallest absolute Gasteiger partial charge is 0.356 e. The maximum Gasteiger partial charge on any atom is 0.356 e. The molecule has 1 amide bonds. The van der Waals surface area contributed by atoms with Crippen molar-refractivity contribution in [3.05, 3.63) is 168 Å². The molecule has 6 aromatic rings. The number of methoxy groups -OCH3 is 4. The van der Waals surface area contributed by atoms with Gasteiger partial charge in [-0.15, -0.1) is 0 Å². The van der Waals surface area contributed by atoms with Crippen LogP contribution in [0.15, 0.2) is 134 Å². The van der Waals surface area contributed by atoms with Crippen LogP contribution in [0.25, 0.3) is 0 Å². The van der Waals surface area contributed by atoms with E-state index in [-0.39, 0.29) is 11.6 Å². The number of ether oxygens (including phenoxy) is 4. The predicted molar refractivity (Wildman–Crippen MR) is 337 cm³/mol. The molecule has 0 aliphatic rings. The van der Waals surface area contributed by atoms with Gasteiger partial charge < -0.3 is 55.5 Å². The highest BCUT2D eigenvalue weighted by molar-refractivity contribution is 7.99. The van der Waals surface area contributed by atoms with Gasteiger partial charge in [-0.25, -0.2) is 14.8 Å². The van der Waals surface area contributed by atoms with Gasteiger partial charge in [0.05, 0.1) is 40.8 Å². The minimum absolute atomic E-state index is 0.0301. The summed E-state index contributed by atoms with van der Waals surface area (Å²) in [6.07, 6.45) is 10.5. The Balaban J connectivity index is 0.000000306. The lowest BCUT2D eigenvalue weighted by Gasteiger charge is -2.22. The molecular formula is C60H84N10O7S4. The first kappa shape index (κ1) is 67.9. The van der Waals surface area contributed by atoms with Crippen molar-refractivity contribution in [2.24, 2.45) is 5.73 Å². The Bertz CT molecular complexity index is 2520. The minimum atomic E-state index is -1.05. The number of carboxylic acid groups (broad SMARTS) is 1. The number of nitrogens with zero attached hydrogens (tertiary/aromatic N) is 6. The van der Waals surface area contributed by atoms with Gasteiger partial charge in [0, 0.05) is 130 Å². The molecule has 0 atom stereocenters. The van der Waals surface area contributed by atoms with Crippen LogP contribution in [-0.2, 0) is 23.0 Å². The number of rotatable bonds is 39. The topological polar surface area (TPSA) is 211 Å². The fourth-order valence-electron chi connectivity index (χ4n) is 7.45. The van der Waals surface area contributed by atoms with Crippen LogP contribution in [0.4, 0.5) is 0 Å². The number of thioether (sulfide) groups is 4. The van der Waals surface area contributed by atoms with Crippen molar-refractivity contribution in [2.45, 2.75) is 35.9 Å². The largest absolute Gasteiger partial charge is 0.497 e. The third kappa shape index (κ3) is 31.4. The van der Waals surface area contributed by atoms with Crippen LogP contribution in [-0.4, -0.2) is 177 Å².